The number of methoxy groups -OCH3 is 1. The number of nitrogens with zero attached hydrogens (tertiary/aromatic N) is 1. The fraction of sp³-hybridized carbons (Fsp3) is 0.286. The number of amides is 1. The number of ether oxygens (including phenoxy) is 1. The Hall–Kier alpha value is -2.50. The molecule has 20 heavy (non-hydrogen) atoms. The molecule has 1 amide bonds. The maximum atomic E-state index is 11.8. The molecule has 1 aromatic carbocycles. The molecule has 0 aliphatic rings. The van der Waals surface area contributed by atoms with Gasteiger partial charge in [0.05, 0.1) is 13.7 Å². The second-order valence-electron chi connectivity index (χ2n) is 3.92. The van der Waals surface area contributed by atoms with Crippen LogP contribution in [0.25, 0.3) is 0 Å². The number of aliphatic imine (C=N–C) groups is 1. The summed E-state index contributed by atoms with van der Waals surface area (Å²) in [5.74, 6) is 0.899. The number of nitrogens with one attached hydrogen (secondary N) is 2. The number of benzene rings is 1. The molecule has 0 saturated carbocycles. The summed E-state index contributed by atoms with van der Waals surface area (Å²) in [6, 6.07) is 6.89. The third kappa shape index (κ3) is 5.43. The molecule has 0 aliphatic heterocycles. The van der Waals surface area contributed by atoms with Crippen LogP contribution in [0.3, 0.4) is 0 Å². The van der Waals surface area contributed by atoms with Crippen molar-refractivity contribution in [2.75, 3.05) is 26.7 Å². The molecule has 0 aromatic heterocycles. The Morgan fingerprint density at radius 3 is 2.70 bits per heavy atom. The van der Waals surface area contributed by atoms with Gasteiger partial charge in [0.2, 0.25) is 0 Å². The molecule has 0 radical (unpaired) electrons. The zero-order chi connectivity index (χ0) is 14.8. The molecule has 0 unspecified atom stereocenters. The smallest absolute Gasteiger partial charge is 0.251 e. The topological polar surface area (TPSA) is 88.7 Å². The van der Waals surface area contributed by atoms with Crippen molar-refractivity contribution in [1.29, 1.82) is 0 Å². The molecule has 0 heterocycles. The molecule has 0 atom stereocenters. The van der Waals surface area contributed by atoms with Crippen LogP contribution in [0.5, 0.6) is 5.75 Å². The molecular weight excluding hydrogens is 256 g/mol. The molecule has 0 bridgehead atoms. The number of rotatable bonds is 7. The van der Waals surface area contributed by atoms with E-state index in [1.807, 2.05) is 0 Å². The maximum absolute atomic E-state index is 11.8. The largest absolute Gasteiger partial charge is 0.497 e. The summed E-state index contributed by atoms with van der Waals surface area (Å²) in [5.41, 5.74) is 6.16. The Balaban J connectivity index is 2.34. The highest BCUT2D eigenvalue weighted by Gasteiger charge is 2.04. The number of carbonyl (C=O) groups excluding carboxylic acids is 1. The first-order valence-corrected chi connectivity index (χ1v) is 6.24. The van der Waals surface area contributed by atoms with Crippen molar-refractivity contribution in [2.45, 2.75) is 0 Å². The van der Waals surface area contributed by atoms with Gasteiger partial charge in [-0.15, -0.1) is 6.58 Å². The van der Waals surface area contributed by atoms with E-state index in [0.717, 1.165) is 0 Å². The molecule has 6 nitrogen and oxygen atoms in total. The normalized spacial score (nSPS) is 10.8. The average Bonchev–Trinajstić information content (AvgIpc) is 2.49. The standard InChI is InChI=1S/C14H20N4O2/c1-3-8-17-14(15)18-10-9-16-13(19)11-4-6-12(20-2)7-5-11/h3-7H,1,8-10H2,2H3,(H,16,19)(H3,15,17,18). The zero-order valence-corrected chi connectivity index (χ0v) is 11.6. The van der Waals surface area contributed by atoms with Crippen LogP contribution in [-0.2, 0) is 0 Å². The van der Waals surface area contributed by atoms with Gasteiger partial charge < -0.3 is 21.1 Å². The lowest BCUT2D eigenvalue weighted by Gasteiger charge is -2.05. The predicted octanol–water partition coefficient (Wildman–Crippen LogP) is 0.515. The second kappa shape index (κ2) is 8.58. The van der Waals surface area contributed by atoms with Gasteiger partial charge >= 0.3 is 0 Å². The van der Waals surface area contributed by atoms with Crippen molar-refractivity contribution in [2.24, 2.45) is 10.7 Å². The summed E-state index contributed by atoms with van der Waals surface area (Å²) in [6.45, 7) is 4.95. The zero-order valence-electron chi connectivity index (χ0n) is 11.6. The molecule has 6 heteroatoms. The van der Waals surface area contributed by atoms with Gasteiger partial charge in [0.15, 0.2) is 5.96 Å². The lowest BCUT2D eigenvalue weighted by molar-refractivity contribution is 0.0955. The molecule has 0 fully saturated rings. The number of carbonyl (C=O) groups is 1. The fourth-order valence-electron chi connectivity index (χ4n) is 1.42. The minimum Gasteiger partial charge on any atom is -0.497 e. The summed E-state index contributed by atoms with van der Waals surface area (Å²) < 4.78 is 5.03. The van der Waals surface area contributed by atoms with E-state index in [2.05, 4.69) is 22.2 Å². The lowest BCUT2D eigenvalue weighted by atomic mass is 10.2. The van der Waals surface area contributed by atoms with Gasteiger partial charge in [-0.3, -0.25) is 9.79 Å². The summed E-state index contributed by atoms with van der Waals surface area (Å²) >= 11 is 0. The first kappa shape index (κ1) is 15.6. The molecular formula is C14H20N4O2. The van der Waals surface area contributed by atoms with Crippen molar-refractivity contribution in [1.82, 2.24) is 10.6 Å². The van der Waals surface area contributed by atoms with Crippen LogP contribution in [-0.4, -0.2) is 38.6 Å². The first-order chi connectivity index (χ1) is 9.67. The van der Waals surface area contributed by atoms with Crippen LogP contribution in [0.1, 0.15) is 10.4 Å². The van der Waals surface area contributed by atoms with E-state index in [1.165, 1.54) is 0 Å². The van der Waals surface area contributed by atoms with Crippen LogP contribution in [0.15, 0.2) is 41.9 Å². The highest BCUT2D eigenvalue weighted by Crippen LogP contribution is 2.10. The van der Waals surface area contributed by atoms with E-state index in [-0.39, 0.29) is 5.91 Å². The van der Waals surface area contributed by atoms with Gasteiger partial charge in [-0.1, -0.05) is 6.08 Å². The Morgan fingerprint density at radius 2 is 2.10 bits per heavy atom. The van der Waals surface area contributed by atoms with Crippen molar-refractivity contribution in [3.8, 4) is 5.75 Å². The highest BCUT2D eigenvalue weighted by molar-refractivity contribution is 5.94. The van der Waals surface area contributed by atoms with Gasteiger partial charge in [-0.25, -0.2) is 0 Å². The van der Waals surface area contributed by atoms with Crippen molar-refractivity contribution in [3.05, 3.63) is 42.5 Å². The van der Waals surface area contributed by atoms with Crippen LogP contribution in [0.4, 0.5) is 0 Å². The van der Waals surface area contributed by atoms with E-state index in [4.69, 9.17) is 10.5 Å². The van der Waals surface area contributed by atoms with E-state index in [1.54, 1.807) is 37.5 Å². The number of hydrogen-bond donors (Lipinski definition) is 3. The van der Waals surface area contributed by atoms with Crippen LogP contribution >= 0.6 is 0 Å². The predicted molar refractivity (Wildman–Crippen MR) is 80.0 cm³/mol. The monoisotopic (exact) mass is 276 g/mol. The van der Waals surface area contributed by atoms with E-state index in [9.17, 15) is 4.79 Å². The van der Waals surface area contributed by atoms with Gasteiger partial charge in [-0.05, 0) is 24.3 Å². The van der Waals surface area contributed by atoms with Gasteiger partial charge in [0, 0.05) is 18.7 Å². The SMILES string of the molecule is C=CCNC(N)=NCCNC(=O)c1ccc(OC)cc1. The Morgan fingerprint density at radius 1 is 1.40 bits per heavy atom. The van der Waals surface area contributed by atoms with Crippen LogP contribution < -0.4 is 21.1 Å². The third-order valence-corrected chi connectivity index (χ3v) is 2.46. The minimum atomic E-state index is -0.152. The summed E-state index contributed by atoms with van der Waals surface area (Å²) in [5, 5.41) is 5.61. The van der Waals surface area contributed by atoms with Crippen molar-refractivity contribution in [3.63, 3.8) is 0 Å². The molecule has 1 aromatic rings. The van der Waals surface area contributed by atoms with Gasteiger partial charge in [-0.2, -0.15) is 0 Å². The second-order valence-corrected chi connectivity index (χ2v) is 3.92. The molecule has 4 N–H and O–H groups in total. The highest BCUT2D eigenvalue weighted by atomic mass is 16.5. The van der Waals surface area contributed by atoms with E-state index in [0.29, 0.717) is 36.9 Å². The first-order valence-electron chi connectivity index (χ1n) is 6.24. The summed E-state index contributed by atoms with van der Waals surface area (Å²) in [4.78, 5) is 15.9. The fourth-order valence-corrected chi connectivity index (χ4v) is 1.42. The van der Waals surface area contributed by atoms with Crippen LogP contribution in [0, 0.1) is 0 Å². The maximum Gasteiger partial charge on any atom is 0.251 e. The van der Waals surface area contributed by atoms with Gasteiger partial charge in [0.25, 0.3) is 5.91 Å². The quantitative estimate of drug-likeness (QED) is 0.293. The van der Waals surface area contributed by atoms with Crippen molar-refractivity contribution >= 4 is 11.9 Å². The third-order valence-electron chi connectivity index (χ3n) is 2.46. The number of guanidine groups is 1. The lowest BCUT2D eigenvalue weighted by Crippen LogP contribution is -2.33. The Kier molecular flexibility index (Phi) is 6.67. The Labute approximate surface area is 118 Å². The van der Waals surface area contributed by atoms with E-state index < -0.39 is 0 Å². The molecule has 0 saturated heterocycles. The Bertz CT molecular complexity index is 469. The molecule has 0 spiro atoms. The summed E-state index contributed by atoms with van der Waals surface area (Å²) in [6.07, 6.45) is 1.69. The number of hydrogen-bond acceptors (Lipinski definition) is 3. The van der Waals surface area contributed by atoms with E-state index >= 15 is 0 Å². The molecule has 0 aliphatic carbocycles. The summed E-state index contributed by atoms with van der Waals surface area (Å²) in [7, 11) is 1.58. The number of nitrogens with two attached hydrogens (primary N) is 1. The van der Waals surface area contributed by atoms with Crippen LogP contribution in [0.2, 0.25) is 0 Å². The molecule has 108 valence electrons. The molecule has 1 rings (SSSR count). The van der Waals surface area contributed by atoms with Crippen molar-refractivity contribution < 1.29 is 9.53 Å². The average molecular weight is 276 g/mol. The van der Waals surface area contributed by atoms with Gasteiger partial charge in [0.1, 0.15) is 5.75 Å². The minimum absolute atomic E-state index is 0.152.